The van der Waals surface area contributed by atoms with Crippen LogP contribution in [0.2, 0.25) is 0 Å². The van der Waals surface area contributed by atoms with Gasteiger partial charge in [0.25, 0.3) is 0 Å². The van der Waals surface area contributed by atoms with Crippen LogP contribution < -0.4 is 9.80 Å². The number of hydrogen-bond donors (Lipinski definition) is 0. The third kappa shape index (κ3) is 3.66. The van der Waals surface area contributed by atoms with Crippen LogP contribution in [-0.2, 0) is 11.3 Å². The van der Waals surface area contributed by atoms with Crippen LogP contribution in [0.1, 0.15) is 0 Å². The molecule has 1 fully saturated rings. The quantitative estimate of drug-likeness (QED) is 0.704. The maximum Gasteiger partial charge on any atom is 0.414 e. The molecule has 1 aromatic heterocycles. The van der Waals surface area contributed by atoms with Crippen molar-refractivity contribution in [3.63, 3.8) is 0 Å². The number of halogens is 1. The summed E-state index contributed by atoms with van der Waals surface area (Å²) in [6.45, 7) is 6.34. The number of benzene rings is 1. The van der Waals surface area contributed by atoms with Crippen molar-refractivity contribution >= 4 is 23.8 Å². The van der Waals surface area contributed by atoms with E-state index in [1.165, 1.54) is 11.0 Å². The van der Waals surface area contributed by atoms with Crippen LogP contribution in [0.4, 0.5) is 20.6 Å². The molecule has 0 aliphatic carbocycles. The summed E-state index contributed by atoms with van der Waals surface area (Å²) < 4.78 is 21.7. The van der Waals surface area contributed by atoms with E-state index >= 15 is 0 Å². The molecule has 1 atom stereocenters. The summed E-state index contributed by atoms with van der Waals surface area (Å²) in [6.07, 6.45) is 5.75. The highest BCUT2D eigenvalue weighted by Gasteiger charge is 2.33. The predicted molar refractivity (Wildman–Crippen MR) is 102 cm³/mol. The zero-order valence-corrected chi connectivity index (χ0v) is 15.2. The van der Waals surface area contributed by atoms with E-state index in [9.17, 15) is 9.18 Å². The fraction of sp³-hybridized carbons (Fsp3) is 0.333. The van der Waals surface area contributed by atoms with E-state index in [4.69, 9.17) is 4.74 Å². The summed E-state index contributed by atoms with van der Waals surface area (Å²) in [5.74, 6) is -0.423. The average molecular weight is 385 g/mol. The fourth-order valence-corrected chi connectivity index (χ4v) is 3.21. The van der Waals surface area contributed by atoms with Gasteiger partial charge in [0, 0.05) is 12.7 Å². The number of ether oxygens (including phenoxy) is 1. The van der Waals surface area contributed by atoms with Crippen LogP contribution in [-0.4, -0.2) is 64.7 Å². The monoisotopic (exact) mass is 385 g/mol. The fourth-order valence-electron chi connectivity index (χ4n) is 3.21. The van der Waals surface area contributed by atoms with Crippen molar-refractivity contribution < 1.29 is 13.9 Å². The van der Waals surface area contributed by atoms with Gasteiger partial charge in [0.05, 0.1) is 43.8 Å². The number of hydrogen-bond acceptors (Lipinski definition) is 7. The lowest BCUT2D eigenvalue weighted by atomic mass is 10.2. The molecule has 3 heterocycles. The zero-order valence-electron chi connectivity index (χ0n) is 15.2. The SMILES string of the molecule is C=CCN1CCN(c2ccc(N3CC(Cn4ccnn4)OC3=O)cc2F)C=N1. The number of rotatable bonds is 6. The van der Waals surface area contributed by atoms with Gasteiger partial charge in [0.15, 0.2) is 0 Å². The van der Waals surface area contributed by atoms with Gasteiger partial charge in [-0.25, -0.2) is 13.9 Å². The third-order valence-corrected chi connectivity index (χ3v) is 4.58. The van der Waals surface area contributed by atoms with Crippen molar-refractivity contribution in [2.75, 3.05) is 36.0 Å². The molecule has 0 N–H and O–H groups in total. The normalized spacial score (nSPS) is 19.2. The average Bonchev–Trinajstić information content (AvgIpc) is 3.32. The number of carbonyl (C=O) groups is 1. The van der Waals surface area contributed by atoms with Crippen molar-refractivity contribution in [3.05, 3.63) is 49.1 Å². The van der Waals surface area contributed by atoms with E-state index < -0.39 is 11.9 Å². The lowest BCUT2D eigenvalue weighted by Gasteiger charge is -2.29. The van der Waals surface area contributed by atoms with E-state index in [1.54, 1.807) is 46.5 Å². The van der Waals surface area contributed by atoms with Crippen molar-refractivity contribution in [3.8, 4) is 0 Å². The van der Waals surface area contributed by atoms with Crippen molar-refractivity contribution in [1.82, 2.24) is 20.0 Å². The van der Waals surface area contributed by atoms with Gasteiger partial charge in [0.2, 0.25) is 0 Å². The molecule has 1 aromatic carbocycles. The Labute approximate surface area is 161 Å². The Morgan fingerprint density at radius 2 is 2.25 bits per heavy atom. The van der Waals surface area contributed by atoms with Gasteiger partial charge >= 0.3 is 6.09 Å². The molecule has 28 heavy (non-hydrogen) atoms. The highest BCUT2D eigenvalue weighted by molar-refractivity contribution is 5.90. The summed E-state index contributed by atoms with van der Waals surface area (Å²) in [7, 11) is 0. The molecule has 4 rings (SSSR count). The number of cyclic esters (lactones) is 1. The zero-order chi connectivity index (χ0) is 19.5. The minimum Gasteiger partial charge on any atom is -0.442 e. The van der Waals surface area contributed by atoms with E-state index in [0.29, 0.717) is 44.1 Å². The second-order valence-electron chi connectivity index (χ2n) is 6.50. The van der Waals surface area contributed by atoms with E-state index in [0.717, 1.165) is 0 Å². The summed E-state index contributed by atoms with van der Waals surface area (Å²) in [6, 6.07) is 4.71. The Bertz CT molecular complexity index is 886. The van der Waals surface area contributed by atoms with Gasteiger partial charge in [-0.1, -0.05) is 11.3 Å². The van der Waals surface area contributed by atoms with Gasteiger partial charge in [-0.15, -0.1) is 11.7 Å². The van der Waals surface area contributed by atoms with Gasteiger partial charge in [-0.3, -0.25) is 9.91 Å². The Balaban J connectivity index is 1.45. The predicted octanol–water partition coefficient (Wildman–Crippen LogP) is 1.69. The largest absolute Gasteiger partial charge is 0.442 e. The first kappa shape index (κ1) is 18.0. The standard InChI is InChI=1S/C18H20FN7O2/c1-2-6-24-9-8-23(13-21-24)17-4-3-14(10-16(17)19)26-12-15(28-18(26)27)11-25-7-5-20-22-25/h2-5,7,10,13,15H,1,6,8-9,11-12H2. The summed E-state index contributed by atoms with van der Waals surface area (Å²) >= 11 is 0. The number of anilines is 2. The van der Waals surface area contributed by atoms with Gasteiger partial charge in [-0.05, 0) is 18.2 Å². The molecule has 2 aromatic rings. The topological polar surface area (TPSA) is 79.1 Å². The molecule has 0 spiro atoms. The molecule has 2 aliphatic rings. The molecule has 0 radical (unpaired) electrons. The minimum absolute atomic E-state index is 0.319. The van der Waals surface area contributed by atoms with Crippen molar-refractivity contribution in [1.29, 1.82) is 0 Å². The summed E-state index contributed by atoms with van der Waals surface area (Å²) in [4.78, 5) is 15.4. The molecule has 0 bridgehead atoms. The third-order valence-electron chi connectivity index (χ3n) is 4.58. The maximum absolute atomic E-state index is 14.7. The molecule has 146 valence electrons. The first-order valence-electron chi connectivity index (χ1n) is 8.92. The van der Waals surface area contributed by atoms with Gasteiger partial charge < -0.3 is 9.64 Å². The molecule has 9 nitrogen and oxygen atoms in total. The molecule has 10 heteroatoms. The Kier molecular flexibility index (Phi) is 4.92. The van der Waals surface area contributed by atoms with Crippen LogP contribution in [0, 0.1) is 5.82 Å². The number of carbonyl (C=O) groups excluding carboxylic acids is 1. The molecular formula is C18H20FN7O2. The van der Waals surface area contributed by atoms with E-state index in [2.05, 4.69) is 22.0 Å². The Hall–Kier alpha value is -3.43. The second kappa shape index (κ2) is 7.67. The van der Waals surface area contributed by atoms with Crippen LogP contribution in [0.25, 0.3) is 0 Å². The lowest BCUT2D eigenvalue weighted by molar-refractivity contribution is 0.129. The molecule has 0 saturated carbocycles. The first-order valence-corrected chi connectivity index (χ1v) is 8.92. The number of amides is 1. The Morgan fingerprint density at radius 3 is 2.93 bits per heavy atom. The number of hydrazone groups is 1. The molecular weight excluding hydrogens is 365 g/mol. The highest BCUT2D eigenvalue weighted by Crippen LogP contribution is 2.28. The maximum atomic E-state index is 14.7. The van der Waals surface area contributed by atoms with Gasteiger partial charge in [-0.2, -0.15) is 5.10 Å². The summed E-state index contributed by atoms with van der Waals surface area (Å²) in [5, 5.41) is 13.7. The smallest absolute Gasteiger partial charge is 0.414 e. The minimum atomic E-state index is -0.503. The molecule has 2 aliphatic heterocycles. The Morgan fingerprint density at radius 1 is 1.36 bits per heavy atom. The van der Waals surface area contributed by atoms with Crippen LogP contribution >= 0.6 is 0 Å². The molecule has 1 amide bonds. The van der Waals surface area contributed by atoms with Crippen molar-refractivity contribution in [2.45, 2.75) is 12.6 Å². The van der Waals surface area contributed by atoms with Crippen LogP contribution in [0.3, 0.4) is 0 Å². The van der Waals surface area contributed by atoms with Crippen LogP contribution in [0.15, 0.2) is 48.3 Å². The first-order chi connectivity index (χ1) is 13.6. The van der Waals surface area contributed by atoms with E-state index in [-0.39, 0.29) is 6.10 Å². The van der Waals surface area contributed by atoms with Crippen molar-refractivity contribution in [2.24, 2.45) is 5.10 Å². The second-order valence-corrected chi connectivity index (χ2v) is 6.50. The number of nitrogens with zero attached hydrogens (tertiary/aromatic N) is 7. The summed E-state index contributed by atoms with van der Waals surface area (Å²) in [5.41, 5.74) is 0.868. The number of aromatic nitrogens is 3. The molecule has 1 unspecified atom stereocenters. The van der Waals surface area contributed by atoms with E-state index in [1.807, 2.05) is 5.01 Å². The molecule has 1 saturated heterocycles. The van der Waals surface area contributed by atoms with Crippen LogP contribution in [0.5, 0.6) is 0 Å². The highest BCUT2D eigenvalue weighted by atomic mass is 19.1. The van der Waals surface area contributed by atoms with Gasteiger partial charge in [0.1, 0.15) is 18.3 Å². The lowest BCUT2D eigenvalue weighted by Crippen LogP contribution is -2.38.